The number of carboxylic acids is 1. The Kier molecular flexibility index (Phi) is 5.12. The van der Waals surface area contributed by atoms with Crippen molar-refractivity contribution in [2.75, 3.05) is 5.33 Å². The number of carbonyl (C=O) groups is 1. The van der Waals surface area contributed by atoms with Crippen LogP contribution in [0, 0.1) is 0 Å². The Balaban J connectivity index is 2.76. The maximum Gasteiger partial charge on any atom is 0.303 e. The number of rotatable bonds is 5. The third-order valence-corrected chi connectivity index (χ3v) is 2.42. The summed E-state index contributed by atoms with van der Waals surface area (Å²) in [5, 5.41) is 9.42. The Morgan fingerprint density at radius 1 is 1.40 bits per heavy atom. The van der Waals surface area contributed by atoms with Crippen molar-refractivity contribution in [3.8, 4) is 0 Å². The number of allylic oxidation sites excluding steroid dienone is 1. The third-order valence-electron chi connectivity index (χ3n) is 2.05. The number of aryl methyl sites for hydroxylation is 1. The third kappa shape index (κ3) is 4.30. The van der Waals surface area contributed by atoms with Crippen molar-refractivity contribution in [1.29, 1.82) is 0 Å². The van der Waals surface area contributed by atoms with Crippen molar-refractivity contribution in [3.63, 3.8) is 0 Å². The molecule has 0 saturated carbocycles. The standard InChI is InChI=1S/C12H13BrO2/c13-9-3-6-10-4-1-2-5-11(10)7-8-12(14)15/h1-6H,7-9H2,(H,14,15). The zero-order chi connectivity index (χ0) is 11.1. The van der Waals surface area contributed by atoms with Gasteiger partial charge in [-0.15, -0.1) is 0 Å². The van der Waals surface area contributed by atoms with Crippen molar-refractivity contribution < 1.29 is 9.90 Å². The van der Waals surface area contributed by atoms with Gasteiger partial charge in [0.25, 0.3) is 0 Å². The minimum absolute atomic E-state index is 0.180. The molecule has 2 nitrogen and oxygen atoms in total. The van der Waals surface area contributed by atoms with Gasteiger partial charge in [0.05, 0.1) is 0 Å². The van der Waals surface area contributed by atoms with E-state index in [4.69, 9.17) is 5.11 Å². The smallest absolute Gasteiger partial charge is 0.303 e. The lowest BCUT2D eigenvalue weighted by Gasteiger charge is -2.03. The molecule has 0 aliphatic rings. The highest BCUT2D eigenvalue weighted by Crippen LogP contribution is 2.13. The van der Waals surface area contributed by atoms with Crippen LogP contribution in [0.25, 0.3) is 6.08 Å². The van der Waals surface area contributed by atoms with E-state index in [0.29, 0.717) is 6.42 Å². The molecule has 0 heterocycles. The van der Waals surface area contributed by atoms with Crippen LogP contribution in [0.1, 0.15) is 17.5 Å². The number of hydrogen-bond acceptors (Lipinski definition) is 1. The van der Waals surface area contributed by atoms with Gasteiger partial charge < -0.3 is 5.11 Å². The molecule has 3 heteroatoms. The highest BCUT2D eigenvalue weighted by atomic mass is 79.9. The molecular formula is C12H13BrO2. The van der Waals surface area contributed by atoms with Gasteiger partial charge in [-0.25, -0.2) is 0 Å². The zero-order valence-electron chi connectivity index (χ0n) is 8.32. The number of aliphatic carboxylic acids is 1. The molecule has 0 atom stereocenters. The molecule has 1 aromatic rings. The topological polar surface area (TPSA) is 37.3 Å². The first-order valence-corrected chi connectivity index (χ1v) is 5.88. The van der Waals surface area contributed by atoms with E-state index in [1.165, 1.54) is 0 Å². The van der Waals surface area contributed by atoms with Gasteiger partial charge in [0.15, 0.2) is 0 Å². The summed E-state index contributed by atoms with van der Waals surface area (Å²) in [4.78, 5) is 10.5. The summed E-state index contributed by atoms with van der Waals surface area (Å²) >= 11 is 3.31. The van der Waals surface area contributed by atoms with E-state index >= 15 is 0 Å². The van der Waals surface area contributed by atoms with Gasteiger partial charge in [-0.3, -0.25) is 4.79 Å². The summed E-state index contributed by atoms with van der Waals surface area (Å²) in [5.41, 5.74) is 2.18. The van der Waals surface area contributed by atoms with Crippen LogP contribution < -0.4 is 0 Å². The molecule has 0 radical (unpaired) electrons. The normalized spacial score (nSPS) is 10.7. The van der Waals surface area contributed by atoms with Crippen LogP contribution in [0.3, 0.4) is 0 Å². The van der Waals surface area contributed by atoms with Crippen molar-refractivity contribution in [2.45, 2.75) is 12.8 Å². The second-order valence-electron chi connectivity index (χ2n) is 3.15. The predicted molar refractivity (Wildman–Crippen MR) is 65.2 cm³/mol. The average molecular weight is 269 g/mol. The molecular weight excluding hydrogens is 256 g/mol. The highest BCUT2D eigenvalue weighted by molar-refractivity contribution is 9.09. The molecule has 0 bridgehead atoms. The van der Waals surface area contributed by atoms with E-state index < -0.39 is 5.97 Å². The molecule has 1 N–H and O–H groups in total. The molecule has 80 valence electrons. The summed E-state index contributed by atoms with van der Waals surface area (Å²) in [5.74, 6) is -0.755. The maximum absolute atomic E-state index is 10.5. The molecule has 0 spiro atoms. The fourth-order valence-corrected chi connectivity index (χ4v) is 1.52. The Morgan fingerprint density at radius 2 is 2.13 bits per heavy atom. The number of halogens is 1. The van der Waals surface area contributed by atoms with Crippen molar-refractivity contribution in [2.24, 2.45) is 0 Å². The Morgan fingerprint density at radius 3 is 2.80 bits per heavy atom. The zero-order valence-corrected chi connectivity index (χ0v) is 9.90. The van der Waals surface area contributed by atoms with Crippen molar-refractivity contribution in [3.05, 3.63) is 41.5 Å². The average Bonchev–Trinajstić information content (AvgIpc) is 2.24. The molecule has 1 rings (SSSR count). The maximum atomic E-state index is 10.5. The summed E-state index contributed by atoms with van der Waals surface area (Å²) in [6.45, 7) is 0. The lowest BCUT2D eigenvalue weighted by Crippen LogP contribution is -1.98. The van der Waals surface area contributed by atoms with E-state index in [2.05, 4.69) is 15.9 Å². The van der Waals surface area contributed by atoms with E-state index in [1.807, 2.05) is 36.4 Å². The molecule has 0 fully saturated rings. The molecule has 0 aliphatic carbocycles. The highest BCUT2D eigenvalue weighted by Gasteiger charge is 2.01. The van der Waals surface area contributed by atoms with Gasteiger partial charge in [0.2, 0.25) is 0 Å². The summed E-state index contributed by atoms with van der Waals surface area (Å²) < 4.78 is 0. The molecule has 0 aromatic heterocycles. The van der Waals surface area contributed by atoms with Crippen LogP contribution in [-0.4, -0.2) is 16.4 Å². The second-order valence-corrected chi connectivity index (χ2v) is 3.80. The first-order chi connectivity index (χ1) is 7.24. The van der Waals surface area contributed by atoms with Gasteiger partial charge >= 0.3 is 5.97 Å². The van der Waals surface area contributed by atoms with Gasteiger partial charge in [-0.1, -0.05) is 52.3 Å². The largest absolute Gasteiger partial charge is 0.481 e. The second kappa shape index (κ2) is 6.40. The quantitative estimate of drug-likeness (QED) is 0.834. The fraction of sp³-hybridized carbons (Fsp3) is 0.250. The summed E-state index contributed by atoms with van der Waals surface area (Å²) in [6, 6.07) is 7.86. The molecule has 0 amide bonds. The Bertz CT molecular complexity index is 358. The molecule has 15 heavy (non-hydrogen) atoms. The monoisotopic (exact) mass is 268 g/mol. The van der Waals surface area contributed by atoms with E-state index in [1.54, 1.807) is 0 Å². The first-order valence-electron chi connectivity index (χ1n) is 4.76. The van der Waals surface area contributed by atoms with Crippen LogP contribution in [0.4, 0.5) is 0 Å². The molecule has 0 aliphatic heterocycles. The van der Waals surface area contributed by atoms with Gasteiger partial charge in [0, 0.05) is 11.8 Å². The Labute approximate surface area is 97.8 Å². The van der Waals surface area contributed by atoms with Gasteiger partial charge in [-0.2, -0.15) is 0 Å². The summed E-state index contributed by atoms with van der Waals surface area (Å²) in [7, 11) is 0. The van der Waals surface area contributed by atoms with Crippen LogP contribution in [0.5, 0.6) is 0 Å². The van der Waals surface area contributed by atoms with Crippen LogP contribution in [-0.2, 0) is 11.2 Å². The molecule has 1 aromatic carbocycles. The number of hydrogen-bond donors (Lipinski definition) is 1. The van der Waals surface area contributed by atoms with Crippen molar-refractivity contribution in [1.82, 2.24) is 0 Å². The van der Waals surface area contributed by atoms with E-state index in [0.717, 1.165) is 16.5 Å². The number of benzene rings is 1. The fourth-order valence-electron chi connectivity index (χ4n) is 1.34. The molecule has 0 unspecified atom stereocenters. The lowest BCUT2D eigenvalue weighted by atomic mass is 10.0. The first kappa shape index (κ1) is 12.0. The van der Waals surface area contributed by atoms with Crippen molar-refractivity contribution >= 4 is 28.0 Å². The number of carboxylic acid groups (broad SMARTS) is 1. The lowest BCUT2D eigenvalue weighted by molar-refractivity contribution is -0.136. The van der Waals surface area contributed by atoms with Gasteiger partial charge in [-0.05, 0) is 17.5 Å². The number of alkyl halides is 1. The van der Waals surface area contributed by atoms with Crippen LogP contribution >= 0.6 is 15.9 Å². The van der Waals surface area contributed by atoms with Crippen LogP contribution in [0.2, 0.25) is 0 Å². The minimum Gasteiger partial charge on any atom is -0.481 e. The van der Waals surface area contributed by atoms with E-state index in [-0.39, 0.29) is 6.42 Å². The predicted octanol–water partition coefficient (Wildman–Crippen LogP) is 3.11. The SMILES string of the molecule is O=C(O)CCc1ccccc1C=CCBr. The summed E-state index contributed by atoms with van der Waals surface area (Å²) in [6.07, 6.45) is 4.77. The Hall–Kier alpha value is -1.09. The van der Waals surface area contributed by atoms with E-state index in [9.17, 15) is 4.79 Å². The molecule has 0 saturated heterocycles. The minimum atomic E-state index is -0.755. The van der Waals surface area contributed by atoms with Gasteiger partial charge in [0.1, 0.15) is 0 Å². The van der Waals surface area contributed by atoms with Crippen LogP contribution in [0.15, 0.2) is 30.3 Å².